The lowest BCUT2D eigenvalue weighted by Gasteiger charge is -2.05. The van der Waals surface area contributed by atoms with Crippen molar-refractivity contribution in [3.63, 3.8) is 0 Å². The molecule has 0 fully saturated rings. The normalized spacial score (nSPS) is 9.90. The van der Waals surface area contributed by atoms with Crippen LogP contribution >= 0.6 is 0 Å². The number of carbonyl (C=O) groups is 2. The van der Waals surface area contributed by atoms with Crippen LogP contribution in [0.1, 0.15) is 10.4 Å². The Bertz CT molecular complexity index is 708. The second-order valence-corrected chi connectivity index (χ2v) is 4.04. The Morgan fingerprint density at radius 3 is 2.38 bits per heavy atom. The summed E-state index contributed by atoms with van der Waals surface area (Å²) >= 11 is 0. The summed E-state index contributed by atoms with van der Waals surface area (Å²) in [6.45, 7) is 0. The van der Waals surface area contributed by atoms with Crippen molar-refractivity contribution in [3.8, 4) is 16.9 Å². The predicted octanol–water partition coefficient (Wildman–Crippen LogP) is 3.13. The number of ether oxygens (including phenoxy) is 1. The molecule has 7 heteroatoms. The number of nitro groups is 1. The standard InChI is InChI=1S/C14H9NO6/c16-8-9-1-6-12(13(7-9)15(19)20)10-2-4-11(5-3-10)21-14(17)18/h1-8H,(H,17,18). The van der Waals surface area contributed by atoms with Gasteiger partial charge in [0.05, 0.1) is 10.5 Å². The summed E-state index contributed by atoms with van der Waals surface area (Å²) in [4.78, 5) is 31.6. The predicted molar refractivity (Wildman–Crippen MR) is 72.6 cm³/mol. The van der Waals surface area contributed by atoms with Crippen molar-refractivity contribution in [2.45, 2.75) is 0 Å². The molecule has 0 heterocycles. The van der Waals surface area contributed by atoms with E-state index in [4.69, 9.17) is 5.11 Å². The zero-order valence-corrected chi connectivity index (χ0v) is 10.6. The number of hydrogen-bond acceptors (Lipinski definition) is 5. The SMILES string of the molecule is O=Cc1ccc(-c2ccc(OC(=O)O)cc2)c([N+](=O)[O-])c1. The highest BCUT2D eigenvalue weighted by atomic mass is 16.7. The van der Waals surface area contributed by atoms with E-state index in [9.17, 15) is 19.7 Å². The maximum atomic E-state index is 11.1. The van der Waals surface area contributed by atoms with Gasteiger partial charge in [0, 0.05) is 11.6 Å². The molecule has 0 aliphatic rings. The molecule has 2 rings (SSSR count). The molecule has 0 aliphatic heterocycles. The molecule has 0 amide bonds. The Labute approximate surface area is 118 Å². The van der Waals surface area contributed by atoms with Crippen molar-refractivity contribution in [2.24, 2.45) is 0 Å². The van der Waals surface area contributed by atoms with Gasteiger partial charge in [0.15, 0.2) is 0 Å². The van der Waals surface area contributed by atoms with Gasteiger partial charge in [-0.15, -0.1) is 0 Å². The van der Waals surface area contributed by atoms with E-state index >= 15 is 0 Å². The van der Waals surface area contributed by atoms with Crippen LogP contribution in [0.25, 0.3) is 11.1 Å². The highest BCUT2D eigenvalue weighted by Gasteiger charge is 2.16. The Hall–Kier alpha value is -3.22. The molecule has 0 saturated heterocycles. The number of benzene rings is 2. The lowest BCUT2D eigenvalue weighted by Crippen LogP contribution is -2.02. The first-order chi connectivity index (χ1) is 10.0. The highest BCUT2D eigenvalue weighted by Crippen LogP contribution is 2.31. The molecule has 1 N–H and O–H groups in total. The first-order valence-electron chi connectivity index (χ1n) is 5.76. The maximum Gasteiger partial charge on any atom is 0.511 e. The summed E-state index contributed by atoms with van der Waals surface area (Å²) in [6.07, 6.45) is -0.912. The molecule has 0 unspecified atom stereocenters. The van der Waals surface area contributed by atoms with Crippen molar-refractivity contribution in [1.82, 2.24) is 0 Å². The summed E-state index contributed by atoms with van der Waals surface area (Å²) < 4.78 is 4.46. The molecule has 0 spiro atoms. The summed E-state index contributed by atoms with van der Waals surface area (Å²) in [5.41, 5.74) is 0.840. The van der Waals surface area contributed by atoms with E-state index in [1.165, 1.54) is 42.5 Å². The number of rotatable bonds is 4. The molecule has 21 heavy (non-hydrogen) atoms. The van der Waals surface area contributed by atoms with Gasteiger partial charge in [-0.3, -0.25) is 14.9 Å². The fourth-order valence-electron chi connectivity index (χ4n) is 1.82. The van der Waals surface area contributed by atoms with Gasteiger partial charge in [0.1, 0.15) is 12.0 Å². The van der Waals surface area contributed by atoms with E-state index in [0.29, 0.717) is 17.4 Å². The van der Waals surface area contributed by atoms with Crippen LogP contribution in [0.3, 0.4) is 0 Å². The van der Waals surface area contributed by atoms with Crippen LogP contribution in [0.15, 0.2) is 42.5 Å². The number of nitro benzene ring substituents is 1. The van der Waals surface area contributed by atoms with Gasteiger partial charge in [-0.05, 0) is 23.8 Å². The van der Waals surface area contributed by atoms with Crippen LogP contribution < -0.4 is 4.74 Å². The van der Waals surface area contributed by atoms with Crippen LogP contribution in [-0.2, 0) is 0 Å². The molecule has 0 bridgehead atoms. The van der Waals surface area contributed by atoms with Crippen molar-refractivity contribution in [2.75, 3.05) is 0 Å². The van der Waals surface area contributed by atoms with Gasteiger partial charge in [-0.1, -0.05) is 18.2 Å². The fourth-order valence-corrected chi connectivity index (χ4v) is 1.82. The van der Waals surface area contributed by atoms with Gasteiger partial charge < -0.3 is 9.84 Å². The van der Waals surface area contributed by atoms with E-state index in [0.717, 1.165) is 0 Å². The molecule has 2 aromatic carbocycles. The van der Waals surface area contributed by atoms with Gasteiger partial charge in [0.25, 0.3) is 5.69 Å². The topological polar surface area (TPSA) is 107 Å². The minimum Gasteiger partial charge on any atom is -0.449 e. The molecule has 106 valence electrons. The maximum absolute atomic E-state index is 11.1. The minimum atomic E-state index is -1.44. The number of carboxylic acid groups (broad SMARTS) is 1. The molecule has 0 aliphatic carbocycles. The van der Waals surface area contributed by atoms with E-state index in [1.54, 1.807) is 0 Å². The number of hydrogen-bond donors (Lipinski definition) is 1. The van der Waals surface area contributed by atoms with Gasteiger partial charge in [-0.25, -0.2) is 4.79 Å². The molecule has 0 saturated carbocycles. The number of carbonyl (C=O) groups excluding carboxylic acids is 1. The Morgan fingerprint density at radius 2 is 1.86 bits per heavy atom. The highest BCUT2D eigenvalue weighted by molar-refractivity contribution is 5.82. The number of aldehydes is 1. The summed E-state index contributed by atoms with van der Waals surface area (Å²) in [7, 11) is 0. The molecular formula is C14H9NO6. The molecule has 2 aromatic rings. The molecule has 0 aromatic heterocycles. The second kappa shape index (κ2) is 5.83. The van der Waals surface area contributed by atoms with Crippen molar-refractivity contribution in [3.05, 3.63) is 58.1 Å². The largest absolute Gasteiger partial charge is 0.511 e. The van der Waals surface area contributed by atoms with Crippen molar-refractivity contribution >= 4 is 18.1 Å². The fraction of sp³-hybridized carbons (Fsp3) is 0. The summed E-state index contributed by atoms with van der Waals surface area (Å²) in [5, 5.41) is 19.5. The molecule has 0 radical (unpaired) electrons. The Morgan fingerprint density at radius 1 is 1.19 bits per heavy atom. The zero-order valence-electron chi connectivity index (χ0n) is 10.6. The monoisotopic (exact) mass is 287 g/mol. The molecule has 0 atom stereocenters. The first-order valence-corrected chi connectivity index (χ1v) is 5.76. The Balaban J connectivity index is 2.43. The summed E-state index contributed by atoms with van der Waals surface area (Å²) in [6, 6.07) is 9.90. The van der Waals surface area contributed by atoms with E-state index < -0.39 is 11.1 Å². The average Bonchev–Trinajstić information content (AvgIpc) is 2.47. The lowest BCUT2D eigenvalue weighted by molar-refractivity contribution is -0.384. The molecule has 7 nitrogen and oxygen atoms in total. The number of nitrogens with zero attached hydrogens (tertiary/aromatic N) is 1. The average molecular weight is 287 g/mol. The van der Waals surface area contributed by atoms with Crippen LogP contribution in [0, 0.1) is 10.1 Å². The van der Waals surface area contributed by atoms with Gasteiger partial charge >= 0.3 is 6.16 Å². The first kappa shape index (κ1) is 14.2. The van der Waals surface area contributed by atoms with Crippen LogP contribution in [-0.4, -0.2) is 22.5 Å². The quantitative estimate of drug-likeness (QED) is 0.304. The zero-order chi connectivity index (χ0) is 15.4. The molecular weight excluding hydrogens is 278 g/mol. The van der Waals surface area contributed by atoms with E-state index in [2.05, 4.69) is 4.74 Å². The smallest absolute Gasteiger partial charge is 0.449 e. The third-order valence-electron chi connectivity index (χ3n) is 2.73. The Kier molecular flexibility index (Phi) is 3.94. The minimum absolute atomic E-state index is 0.110. The van der Waals surface area contributed by atoms with Crippen LogP contribution in [0.4, 0.5) is 10.5 Å². The van der Waals surface area contributed by atoms with Crippen LogP contribution in [0.5, 0.6) is 5.75 Å². The van der Waals surface area contributed by atoms with E-state index in [1.807, 2.05) is 0 Å². The summed E-state index contributed by atoms with van der Waals surface area (Å²) in [5.74, 6) is 0.110. The van der Waals surface area contributed by atoms with Crippen molar-refractivity contribution < 1.29 is 24.4 Å². The van der Waals surface area contributed by atoms with E-state index in [-0.39, 0.29) is 17.0 Å². The second-order valence-electron chi connectivity index (χ2n) is 4.04. The third-order valence-corrected chi connectivity index (χ3v) is 2.73. The van der Waals surface area contributed by atoms with Crippen molar-refractivity contribution in [1.29, 1.82) is 0 Å². The van der Waals surface area contributed by atoms with Gasteiger partial charge in [-0.2, -0.15) is 0 Å². The third kappa shape index (κ3) is 3.21. The lowest BCUT2D eigenvalue weighted by atomic mass is 10.0. The van der Waals surface area contributed by atoms with Crippen LogP contribution in [0.2, 0.25) is 0 Å². The van der Waals surface area contributed by atoms with Gasteiger partial charge in [0.2, 0.25) is 0 Å².